The van der Waals surface area contributed by atoms with Gasteiger partial charge < -0.3 is 24.5 Å². The zero-order chi connectivity index (χ0) is 31.1. The second-order valence-corrected chi connectivity index (χ2v) is 11.1. The van der Waals surface area contributed by atoms with E-state index in [4.69, 9.17) is 4.42 Å². The molecule has 1 aliphatic heterocycles. The molecular weight excluding hydrogens is 570 g/mol. The molecule has 6 rings (SSSR count). The van der Waals surface area contributed by atoms with Crippen molar-refractivity contribution >= 4 is 50.8 Å². The molecule has 3 aromatic heterocycles. The summed E-state index contributed by atoms with van der Waals surface area (Å²) in [5.41, 5.74) is 3.61. The molecule has 0 bridgehead atoms. The van der Waals surface area contributed by atoms with Crippen LogP contribution in [0.2, 0.25) is 0 Å². The van der Waals surface area contributed by atoms with Crippen LogP contribution in [0.1, 0.15) is 48.0 Å². The summed E-state index contributed by atoms with van der Waals surface area (Å²) in [6, 6.07) is 7.96. The lowest BCUT2D eigenvalue weighted by Gasteiger charge is -2.25. The lowest BCUT2D eigenvalue weighted by molar-refractivity contribution is -0.139. The van der Waals surface area contributed by atoms with Crippen LogP contribution in [0.25, 0.3) is 21.9 Å². The third-order valence-corrected chi connectivity index (χ3v) is 7.98. The summed E-state index contributed by atoms with van der Waals surface area (Å²) >= 11 is 0. The largest absolute Gasteiger partial charge is 0.459 e. The predicted octanol–water partition coefficient (Wildman–Crippen LogP) is 5.39. The molecule has 0 aliphatic carbocycles. The van der Waals surface area contributed by atoms with Gasteiger partial charge in [0.05, 0.1) is 30.7 Å². The molecule has 2 aromatic carbocycles. The van der Waals surface area contributed by atoms with Crippen LogP contribution in [0.4, 0.5) is 20.2 Å². The normalized spacial score (nSPS) is 17.2. The minimum absolute atomic E-state index is 0.141. The minimum atomic E-state index is -1.37. The molecule has 2 N–H and O–H groups in total. The SMILES string of the molecule is CC(=O)c1cn(CC(=O)N2C[C@H](F)C[C@H]2C(=O)N[C@@H](C)c2oc3ccc(F)cc3c2C)c2ccc(Nc3cncnc3)cc12. The van der Waals surface area contributed by atoms with Gasteiger partial charge in [-0.15, -0.1) is 0 Å². The van der Waals surface area contributed by atoms with Crippen molar-refractivity contribution in [3.8, 4) is 0 Å². The molecule has 44 heavy (non-hydrogen) atoms. The molecule has 226 valence electrons. The Kier molecular flexibility index (Phi) is 7.58. The Balaban J connectivity index is 1.21. The van der Waals surface area contributed by atoms with Crippen molar-refractivity contribution in [1.29, 1.82) is 0 Å². The molecule has 12 heteroatoms. The lowest BCUT2D eigenvalue weighted by Crippen LogP contribution is -2.47. The van der Waals surface area contributed by atoms with Crippen molar-refractivity contribution < 1.29 is 27.6 Å². The molecule has 0 unspecified atom stereocenters. The molecule has 4 heterocycles. The number of Topliss-reactive ketones (excluding diaryl/α,β-unsaturated/α-hetero) is 1. The number of carbonyl (C=O) groups is 3. The van der Waals surface area contributed by atoms with E-state index in [1.54, 1.807) is 55.2 Å². The Labute approximate surface area is 251 Å². The summed E-state index contributed by atoms with van der Waals surface area (Å²) in [4.78, 5) is 48.7. The average molecular weight is 601 g/mol. The zero-order valence-corrected chi connectivity index (χ0v) is 24.3. The number of amides is 2. The van der Waals surface area contributed by atoms with Crippen LogP contribution in [0.15, 0.2) is 65.7 Å². The highest BCUT2D eigenvalue weighted by molar-refractivity contribution is 6.08. The summed E-state index contributed by atoms with van der Waals surface area (Å²) in [5, 5.41) is 7.28. The fourth-order valence-corrected chi connectivity index (χ4v) is 5.86. The van der Waals surface area contributed by atoms with Crippen molar-refractivity contribution in [2.45, 2.75) is 52.0 Å². The molecule has 1 fully saturated rings. The molecule has 3 atom stereocenters. The first-order valence-corrected chi connectivity index (χ1v) is 14.2. The predicted molar refractivity (Wildman–Crippen MR) is 160 cm³/mol. The summed E-state index contributed by atoms with van der Waals surface area (Å²) in [5.74, 6) is -1.09. The number of nitrogens with zero attached hydrogens (tertiary/aromatic N) is 4. The number of hydrogen-bond acceptors (Lipinski definition) is 7. The highest BCUT2D eigenvalue weighted by atomic mass is 19.1. The van der Waals surface area contributed by atoms with Crippen molar-refractivity contribution in [1.82, 2.24) is 24.8 Å². The summed E-state index contributed by atoms with van der Waals surface area (Å²) in [6.45, 7) is 4.53. The topological polar surface area (TPSA) is 122 Å². The van der Waals surface area contributed by atoms with Crippen LogP contribution in [0, 0.1) is 12.7 Å². The standard InChI is InChI=1S/C32H30F2N6O4/c1-17-24-8-20(33)4-7-29(24)44-31(17)18(2)37-32(43)28-9-21(34)13-40(28)30(42)15-39-14-26(19(3)41)25-10-22(5-6-27(25)39)38-23-11-35-16-36-12-23/h4-8,10-12,14,16,18,21,28,38H,9,13,15H2,1-3H3,(H,37,43)/t18-,21+,28-/m0/s1. The number of halogens is 2. The van der Waals surface area contributed by atoms with Gasteiger partial charge in [0.2, 0.25) is 11.8 Å². The van der Waals surface area contributed by atoms with Gasteiger partial charge in [-0.3, -0.25) is 14.4 Å². The molecule has 0 spiro atoms. The molecule has 1 aliphatic rings. The van der Waals surface area contributed by atoms with E-state index >= 15 is 0 Å². The molecule has 2 amide bonds. The van der Waals surface area contributed by atoms with E-state index in [9.17, 15) is 23.2 Å². The highest BCUT2D eigenvalue weighted by Gasteiger charge is 2.40. The monoisotopic (exact) mass is 600 g/mol. The number of alkyl halides is 1. The maximum Gasteiger partial charge on any atom is 0.243 e. The number of benzene rings is 2. The molecule has 10 nitrogen and oxygen atoms in total. The third kappa shape index (κ3) is 5.50. The number of likely N-dealkylation sites (tertiary alicyclic amines) is 1. The van der Waals surface area contributed by atoms with Crippen molar-refractivity contribution in [3.05, 3.63) is 84.0 Å². The number of aryl methyl sites for hydroxylation is 1. The molecule has 5 aromatic rings. The number of furan rings is 1. The van der Waals surface area contributed by atoms with Crippen LogP contribution < -0.4 is 10.6 Å². The fraction of sp³-hybridized carbons (Fsp3) is 0.281. The van der Waals surface area contributed by atoms with Gasteiger partial charge in [0.25, 0.3) is 0 Å². The van der Waals surface area contributed by atoms with E-state index in [0.717, 1.165) is 0 Å². The Morgan fingerprint density at radius 3 is 2.61 bits per heavy atom. The quantitative estimate of drug-likeness (QED) is 0.229. The molecule has 1 saturated heterocycles. The number of nitrogens with one attached hydrogen (secondary N) is 2. The minimum Gasteiger partial charge on any atom is -0.459 e. The van der Waals surface area contributed by atoms with Crippen LogP contribution in [0.5, 0.6) is 0 Å². The number of rotatable bonds is 8. The summed E-state index contributed by atoms with van der Waals surface area (Å²) in [6.07, 6.45) is 4.75. The Morgan fingerprint density at radius 2 is 1.86 bits per heavy atom. The first-order chi connectivity index (χ1) is 21.1. The maximum atomic E-state index is 14.7. The maximum absolute atomic E-state index is 14.7. The van der Waals surface area contributed by atoms with Gasteiger partial charge in [0.1, 0.15) is 42.2 Å². The van der Waals surface area contributed by atoms with Crippen LogP contribution in [-0.4, -0.2) is 55.8 Å². The third-order valence-electron chi connectivity index (χ3n) is 7.98. The number of fused-ring (bicyclic) bond motifs is 2. The van der Waals surface area contributed by atoms with Crippen molar-refractivity contribution in [2.24, 2.45) is 0 Å². The van der Waals surface area contributed by atoms with Gasteiger partial charge in [0, 0.05) is 45.7 Å². The smallest absolute Gasteiger partial charge is 0.243 e. The average Bonchev–Trinajstić information content (AvgIpc) is 3.67. The number of carbonyl (C=O) groups excluding carboxylic acids is 3. The molecule has 0 radical (unpaired) electrons. The van der Waals surface area contributed by atoms with Gasteiger partial charge in [0.15, 0.2) is 5.78 Å². The van der Waals surface area contributed by atoms with E-state index in [-0.39, 0.29) is 25.3 Å². The highest BCUT2D eigenvalue weighted by Crippen LogP contribution is 2.31. The van der Waals surface area contributed by atoms with Crippen molar-refractivity contribution in [2.75, 3.05) is 11.9 Å². The first-order valence-electron chi connectivity index (χ1n) is 14.2. The zero-order valence-electron chi connectivity index (χ0n) is 24.3. The second kappa shape index (κ2) is 11.5. The van der Waals surface area contributed by atoms with Crippen LogP contribution >= 0.6 is 0 Å². The van der Waals surface area contributed by atoms with E-state index in [1.807, 2.05) is 0 Å². The van der Waals surface area contributed by atoms with E-state index < -0.39 is 35.9 Å². The Morgan fingerprint density at radius 1 is 1.09 bits per heavy atom. The van der Waals surface area contributed by atoms with E-state index in [0.29, 0.717) is 50.1 Å². The number of hydrogen-bond donors (Lipinski definition) is 2. The van der Waals surface area contributed by atoms with Crippen molar-refractivity contribution in [3.63, 3.8) is 0 Å². The number of aromatic nitrogens is 3. The van der Waals surface area contributed by atoms with Gasteiger partial charge in [-0.2, -0.15) is 0 Å². The van der Waals surface area contributed by atoms with E-state index in [1.165, 1.54) is 36.4 Å². The lowest BCUT2D eigenvalue weighted by atomic mass is 10.1. The second-order valence-electron chi connectivity index (χ2n) is 11.1. The van der Waals surface area contributed by atoms with Gasteiger partial charge in [-0.1, -0.05) is 0 Å². The first kappa shape index (κ1) is 29.0. The summed E-state index contributed by atoms with van der Waals surface area (Å²) < 4.78 is 36.0. The van der Waals surface area contributed by atoms with Crippen LogP contribution in [0.3, 0.4) is 0 Å². The molecular formula is C32H30F2N6O4. The van der Waals surface area contributed by atoms with Gasteiger partial charge in [-0.05, 0) is 57.2 Å². The number of anilines is 2. The number of ketones is 1. The van der Waals surface area contributed by atoms with Gasteiger partial charge in [-0.25, -0.2) is 18.7 Å². The van der Waals surface area contributed by atoms with Gasteiger partial charge >= 0.3 is 0 Å². The Hall–Kier alpha value is -5.13. The molecule has 0 saturated carbocycles. The summed E-state index contributed by atoms with van der Waals surface area (Å²) in [7, 11) is 0. The Bertz CT molecular complexity index is 1900. The van der Waals surface area contributed by atoms with Crippen LogP contribution in [-0.2, 0) is 16.1 Å². The van der Waals surface area contributed by atoms with E-state index in [2.05, 4.69) is 20.6 Å². The fourth-order valence-electron chi connectivity index (χ4n) is 5.86.